The number of likely N-dealkylation sites (tertiary alicyclic amines) is 1. The molecule has 3 rings (SSSR count). The van der Waals surface area contributed by atoms with Crippen LogP contribution >= 0.6 is 15.9 Å². The number of nitrogens with zero attached hydrogens (tertiary/aromatic N) is 3. The van der Waals surface area contributed by atoms with Gasteiger partial charge in [-0.05, 0) is 61.7 Å². The number of aromatic nitrogens is 2. The number of aromatic hydroxyl groups is 1. The highest BCUT2D eigenvalue weighted by atomic mass is 79.9. The number of carbonyl (C=O) groups excluding carboxylic acids is 1. The van der Waals surface area contributed by atoms with Gasteiger partial charge in [0, 0.05) is 12.6 Å². The summed E-state index contributed by atoms with van der Waals surface area (Å²) in [4.78, 5) is 34.0. The highest BCUT2D eigenvalue weighted by molar-refractivity contribution is 9.10. The summed E-state index contributed by atoms with van der Waals surface area (Å²) in [6.45, 7) is 5.45. The summed E-state index contributed by atoms with van der Waals surface area (Å²) in [5.41, 5.74) is 0.177. The van der Waals surface area contributed by atoms with Gasteiger partial charge >= 0.3 is 12.1 Å². The molecule has 2 aromatic rings. The molecule has 1 amide bonds. The third-order valence-corrected chi connectivity index (χ3v) is 5.15. The summed E-state index contributed by atoms with van der Waals surface area (Å²) in [7, 11) is 0. The van der Waals surface area contributed by atoms with E-state index in [1.807, 2.05) is 0 Å². The van der Waals surface area contributed by atoms with Crippen LogP contribution in [0.2, 0.25) is 0 Å². The van der Waals surface area contributed by atoms with Crippen LogP contribution in [0, 0.1) is 0 Å². The molecule has 0 saturated carbocycles. The third-order valence-electron chi connectivity index (χ3n) is 4.51. The highest BCUT2D eigenvalue weighted by Gasteiger charge is 2.38. The number of nitrogens with one attached hydrogen (secondary N) is 1. The summed E-state index contributed by atoms with van der Waals surface area (Å²) in [5, 5.41) is 23.0. The molecular weight excluding hydrogens is 444 g/mol. The molecule has 1 aliphatic rings. The lowest BCUT2D eigenvalue weighted by Gasteiger charge is -2.38. The number of carboxylic acids is 1. The maximum absolute atomic E-state index is 12.4. The average Bonchev–Trinajstić information content (AvgIpc) is 2.63. The van der Waals surface area contributed by atoms with Crippen molar-refractivity contribution >= 4 is 44.8 Å². The Morgan fingerprint density at radius 2 is 2.07 bits per heavy atom. The Morgan fingerprint density at radius 1 is 1.34 bits per heavy atom. The van der Waals surface area contributed by atoms with Crippen molar-refractivity contribution in [3.8, 4) is 5.75 Å². The molecule has 0 radical (unpaired) electrons. The van der Waals surface area contributed by atoms with E-state index >= 15 is 0 Å². The van der Waals surface area contributed by atoms with Gasteiger partial charge in [-0.1, -0.05) is 0 Å². The van der Waals surface area contributed by atoms with E-state index in [9.17, 15) is 19.8 Å². The molecule has 0 spiro atoms. The second kappa shape index (κ2) is 8.02. The fourth-order valence-corrected chi connectivity index (χ4v) is 3.51. The van der Waals surface area contributed by atoms with E-state index in [0.29, 0.717) is 27.7 Å². The summed E-state index contributed by atoms with van der Waals surface area (Å²) in [5.74, 6) is -0.680. The number of carboxylic acid groups (broad SMARTS) is 1. The van der Waals surface area contributed by atoms with Crippen LogP contribution in [-0.2, 0) is 9.53 Å². The molecule has 1 fully saturated rings. The van der Waals surface area contributed by atoms with Gasteiger partial charge in [-0.25, -0.2) is 14.6 Å². The normalized spacial score (nSPS) is 19.8. The quantitative estimate of drug-likeness (QED) is 0.628. The number of hydrogen-bond acceptors (Lipinski definition) is 7. The number of aliphatic carboxylic acids is 1. The van der Waals surface area contributed by atoms with Crippen LogP contribution in [0.5, 0.6) is 5.75 Å². The molecule has 156 valence electrons. The Morgan fingerprint density at radius 3 is 2.72 bits per heavy atom. The molecule has 29 heavy (non-hydrogen) atoms. The van der Waals surface area contributed by atoms with E-state index in [4.69, 9.17) is 4.74 Å². The van der Waals surface area contributed by atoms with Gasteiger partial charge in [0.05, 0.1) is 16.2 Å². The second-order valence-electron chi connectivity index (χ2n) is 7.91. The van der Waals surface area contributed by atoms with Gasteiger partial charge in [-0.2, -0.15) is 0 Å². The van der Waals surface area contributed by atoms with Gasteiger partial charge in [-0.15, -0.1) is 0 Å². The van der Waals surface area contributed by atoms with Crippen molar-refractivity contribution < 1.29 is 24.5 Å². The van der Waals surface area contributed by atoms with Crippen molar-refractivity contribution in [2.24, 2.45) is 0 Å². The molecule has 1 aliphatic heterocycles. The average molecular weight is 467 g/mol. The molecule has 1 aromatic heterocycles. The minimum absolute atomic E-state index is 0.0122. The monoisotopic (exact) mass is 466 g/mol. The first kappa shape index (κ1) is 21.1. The van der Waals surface area contributed by atoms with Crippen LogP contribution in [-0.4, -0.2) is 61.4 Å². The van der Waals surface area contributed by atoms with Gasteiger partial charge in [0.25, 0.3) is 0 Å². The molecule has 2 heterocycles. The van der Waals surface area contributed by atoms with Crippen LogP contribution < -0.4 is 5.32 Å². The van der Waals surface area contributed by atoms with Crippen LogP contribution in [0.15, 0.2) is 22.8 Å². The van der Waals surface area contributed by atoms with Gasteiger partial charge in [0.2, 0.25) is 0 Å². The zero-order chi connectivity index (χ0) is 21.3. The molecule has 1 saturated heterocycles. The summed E-state index contributed by atoms with van der Waals surface area (Å²) in [6.07, 6.45) is 1.61. The minimum Gasteiger partial charge on any atom is -0.504 e. The summed E-state index contributed by atoms with van der Waals surface area (Å²) in [6, 6.07) is 2.18. The number of amides is 1. The maximum atomic E-state index is 12.4. The predicted molar refractivity (Wildman–Crippen MR) is 110 cm³/mol. The molecular formula is C19H23BrN4O5. The van der Waals surface area contributed by atoms with Crippen LogP contribution in [0.3, 0.4) is 0 Å². The fraction of sp³-hybridized carbons (Fsp3) is 0.474. The minimum atomic E-state index is -1.09. The number of ether oxygens (including phenoxy) is 1. The topological polar surface area (TPSA) is 125 Å². The van der Waals surface area contributed by atoms with Crippen LogP contribution in [0.4, 0.5) is 10.6 Å². The Labute approximate surface area is 176 Å². The van der Waals surface area contributed by atoms with Crippen LogP contribution in [0.25, 0.3) is 11.0 Å². The van der Waals surface area contributed by atoms with E-state index in [2.05, 4.69) is 31.2 Å². The molecule has 1 aromatic carbocycles. The van der Waals surface area contributed by atoms with E-state index < -0.39 is 23.7 Å². The van der Waals surface area contributed by atoms with Crippen molar-refractivity contribution in [1.29, 1.82) is 0 Å². The van der Waals surface area contributed by atoms with Gasteiger partial charge in [0.15, 0.2) is 5.75 Å². The van der Waals surface area contributed by atoms with Crippen molar-refractivity contribution in [1.82, 2.24) is 14.9 Å². The Balaban J connectivity index is 1.75. The predicted octanol–water partition coefficient (Wildman–Crippen LogP) is 3.36. The van der Waals surface area contributed by atoms with Crippen molar-refractivity contribution in [2.45, 2.75) is 51.3 Å². The molecule has 0 aliphatic carbocycles. The van der Waals surface area contributed by atoms with Crippen molar-refractivity contribution in [3.63, 3.8) is 0 Å². The Bertz CT molecular complexity index is 946. The third kappa shape index (κ3) is 4.87. The number of hydrogen-bond donors (Lipinski definition) is 3. The molecule has 0 bridgehead atoms. The summed E-state index contributed by atoms with van der Waals surface area (Å²) < 4.78 is 5.84. The van der Waals surface area contributed by atoms with Crippen LogP contribution in [0.1, 0.15) is 33.6 Å². The molecule has 2 atom stereocenters. The van der Waals surface area contributed by atoms with E-state index in [1.54, 1.807) is 32.9 Å². The lowest BCUT2D eigenvalue weighted by atomic mass is 9.97. The number of anilines is 1. The molecule has 3 N–H and O–H groups in total. The molecule has 9 nitrogen and oxygen atoms in total. The number of piperidine rings is 1. The number of phenolic OH excluding ortho intramolecular Hbond substituents is 1. The molecule has 10 heteroatoms. The largest absolute Gasteiger partial charge is 0.504 e. The SMILES string of the molecule is CC(C)(C)OC(=O)N1CC[C@H](Nc2cnc3ccc(Br)c(O)c3n2)C[C@H]1C(=O)O. The first-order valence-electron chi connectivity index (χ1n) is 9.18. The number of rotatable bonds is 3. The first-order chi connectivity index (χ1) is 13.5. The number of halogens is 1. The number of phenols is 1. The van der Waals surface area contributed by atoms with Gasteiger partial charge in [-0.3, -0.25) is 9.88 Å². The van der Waals surface area contributed by atoms with E-state index in [1.165, 1.54) is 11.1 Å². The second-order valence-corrected chi connectivity index (χ2v) is 8.77. The van der Waals surface area contributed by atoms with E-state index in [0.717, 1.165) is 0 Å². The lowest BCUT2D eigenvalue weighted by molar-refractivity contribution is -0.144. The Kier molecular flexibility index (Phi) is 5.83. The standard InChI is InChI=1S/C19H23BrN4O5/c1-19(2,3)29-18(28)24-7-6-10(8-13(24)17(26)27)22-14-9-21-12-5-4-11(20)16(25)15(12)23-14/h4-5,9-10,13,25H,6-8H2,1-3H3,(H,22,23)(H,26,27)/t10-,13-/m0/s1. The lowest BCUT2D eigenvalue weighted by Crippen LogP contribution is -2.53. The van der Waals surface area contributed by atoms with Gasteiger partial charge < -0.3 is 20.3 Å². The zero-order valence-electron chi connectivity index (χ0n) is 16.3. The van der Waals surface area contributed by atoms with Crippen molar-refractivity contribution in [2.75, 3.05) is 11.9 Å². The first-order valence-corrected chi connectivity index (χ1v) is 9.97. The van der Waals surface area contributed by atoms with E-state index in [-0.39, 0.29) is 24.8 Å². The van der Waals surface area contributed by atoms with Gasteiger partial charge in [0.1, 0.15) is 23.0 Å². The Hall–Kier alpha value is -2.62. The molecule has 0 unspecified atom stereocenters. The number of carbonyl (C=O) groups is 2. The fourth-order valence-electron chi connectivity index (χ4n) is 3.19. The number of fused-ring (bicyclic) bond motifs is 1. The van der Waals surface area contributed by atoms with Crippen molar-refractivity contribution in [3.05, 3.63) is 22.8 Å². The maximum Gasteiger partial charge on any atom is 0.411 e. The zero-order valence-corrected chi connectivity index (χ0v) is 17.9. The smallest absolute Gasteiger partial charge is 0.411 e. The summed E-state index contributed by atoms with van der Waals surface area (Å²) >= 11 is 3.25. The number of benzene rings is 1. The highest BCUT2D eigenvalue weighted by Crippen LogP contribution is 2.31.